The van der Waals surface area contributed by atoms with Crippen LogP contribution in [0.5, 0.6) is 5.88 Å². The third-order valence-corrected chi connectivity index (χ3v) is 8.17. The summed E-state index contributed by atoms with van der Waals surface area (Å²) < 4.78 is 1.76. The number of likely N-dealkylation sites (N-methyl/N-ethyl adjacent to an activating group) is 1. The molecule has 3 aromatic carbocycles. The molecule has 224 valence electrons. The van der Waals surface area contributed by atoms with Gasteiger partial charge in [0.1, 0.15) is 0 Å². The second-order valence-electron chi connectivity index (χ2n) is 11.0. The third kappa shape index (κ3) is 5.84. The Morgan fingerprint density at radius 3 is 2.50 bits per heavy atom. The average molecular weight is 590 g/mol. The van der Waals surface area contributed by atoms with E-state index in [2.05, 4.69) is 49.4 Å². The van der Waals surface area contributed by atoms with Crippen molar-refractivity contribution in [1.29, 1.82) is 0 Å². The van der Waals surface area contributed by atoms with E-state index < -0.39 is 0 Å². The Bertz CT molecular complexity index is 1860. The number of aromatic amines is 1. The second kappa shape index (κ2) is 12.2. The molecule has 0 saturated carbocycles. The highest BCUT2D eigenvalue weighted by molar-refractivity contribution is 6.13. The fourth-order valence-corrected chi connectivity index (χ4v) is 5.52. The number of nitrogens with one attached hydrogen (secondary N) is 2. The molecule has 1 amide bonds. The lowest BCUT2D eigenvalue weighted by Gasteiger charge is -2.34. The second-order valence-corrected chi connectivity index (χ2v) is 11.0. The van der Waals surface area contributed by atoms with Crippen molar-refractivity contribution < 1.29 is 14.7 Å². The standard InChI is InChI=1S/C34H35N7O3/c1-4-41-22(2)29(21-36-41)33(43)37-26-7-5-6-23(18-26)32(42)24-8-13-28-30(34(44)38-31(28)19-24)20-35-25-9-11-27(12-10-25)40-16-14-39(3)15-17-40/h5-13,18-21,38,44H,4,14-17H2,1-3H3,(H,37,43). The van der Waals surface area contributed by atoms with E-state index in [-0.39, 0.29) is 17.6 Å². The third-order valence-electron chi connectivity index (χ3n) is 8.17. The van der Waals surface area contributed by atoms with Crippen molar-refractivity contribution in [2.24, 2.45) is 4.99 Å². The van der Waals surface area contributed by atoms with E-state index in [9.17, 15) is 14.7 Å². The molecule has 2 aromatic heterocycles. The summed E-state index contributed by atoms with van der Waals surface area (Å²) >= 11 is 0. The minimum atomic E-state index is -0.282. The van der Waals surface area contributed by atoms with Gasteiger partial charge >= 0.3 is 0 Å². The lowest BCUT2D eigenvalue weighted by Crippen LogP contribution is -2.44. The molecule has 0 unspecified atom stereocenters. The van der Waals surface area contributed by atoms with Crippen LogP contribution in [0.4, 0.5) is 17.1 Å². The van der Waals surface area contributed by atoms with E-state index in [1.54, 1.807) is 59.6 Å². The number of rotatable bonds is 8. The van der Waals surface area contributed by atoms with Crippen LogP contribution in [-0.4, -0.2) is 75.9 Å². The van der Waals surface area contributed by atoms with Gasteiger partial charge in [0.05, 0.1) is 23.0 Å². The van der Waals surface area contributed by atoms with E-state index in [4.69, 9.17) is 0 Å². The number of anilines is 2. The number of H-pyrrole nitrogens is 1. The molecule has 6 rings (SSSR count). The molecule has 0 aliphatic carbocycles. The van der Waals surface area contributed by atoms with Crippen LogP contribution in [0.25, 0.3) is 10.9 Å². The molecule has 10 nitrogen and oxygen atoms in total. The van der Waals surface area contributed by atoms with Gasteiger partial charge in [-0.3, -0.25) is 19.3 Å². The molecule has 1 saturated heterocycles. The molecule has 5 aromatic rings. The molecule has 1 aliphatic heterocycles. The van der Waals surface area contributed by atoms with Crippen LogP contribution in [-0.2, 0) is 6.54 Å². The zero-order valence-corrected chi connectivity index (χ0v) is 25.0. The van der Waals surface area contributed by atoms with E-state index in [1.165, 1.54) is 5.69 Å². The zero-order valence-electron chi connectivity index (χ0n) is 25.0. The maximum atomic E-state index is 13.4. The number of aliphatic imine (C=N–C) groups is 1. The van der Waals surface area contributed by atoms with Crippen molar-refractivity contribution in [2.75, 3.05) is 43.4 Å². The number of carbonyl (C=O) groups excluding carboxylic acids is 2. The van der Waals surface area contributed by atoms with Crippen LogP contribution in [0.3, 0.4) is 0 Å². The summed E-state index contributed by atoms with van der Waals surface area (Å²) in [6.07, 6.45) is 3.19. The van der Waals surface area contributed by atoms with Crippen LogP contribution in [0.15, 0.2) is 77.9 Å². The topological polar surface area (TPSA) is 119 Å². The van der Waals surface area contributed by atoms with Gasteiger partial charge < -0.3 is 25.2 Å². The van der Waals surface area contributed by atoms with Crippen LogP contribution in [0, 0.1) is 6.92 Å². The number of hydrogen-bond acceptors (Lipinski definition) is 7. The Labute approximate surface area is 255 Å². The minimum absolute atomic E-state index is 0.0196. The quantitative estimate of drug-likeness (QED) is 0.165. The average Bonchev–Trinajstić information content (AvgIpc) is 3.57. The number of hydrogen-bond donors (Lipinski definition) is 3. The minimum Gasteiger partial charge on any atom is -0.494 e. The number of fused-ring (bicyclic) bond motifs is 1. The first-order chi connectivity index (χ1) is 21.3. The monoisotopic (exact) mass is 589 g/mol. The predicted octanol–water partition coefficient (Wildman–Crippen LogP) is 5.38. The van der Waals surface area contributed by atoms with Gasteiger partial charge in [0, 0.05) is 78.0 Å². The molecular weight excluding hydrogens is 554 g/mol. The van der Waals surface area contributed by atoms with Gasteiger partial charge in [-0.15, -0.1) is 0 Å². The van der Waals surface area contributed by atoms with Gasteiger partial charge in [0.25, 0.3) is 5.91 Å². The fourth-order valence-electron chi connectivity index (χ4n) is 5.52. The van der Waals surface area contributed by atoms with Gasteiger partial charge in [-0.1, -0.05) is 24.3 Å². The van der Waals surface area contributed by atoms with Crippen molar-refractivity contribution in [3.63, 3.8) is 0 Å². The van der Waals surface area contributed by atoms with Crippen LogP contribution < -0.4 is 10.2 Å². The number of benzene rings is 3. The van der Waals surface area contributed by atoms with E-state index in [0.717, 1.165) is 42.9 Å². The molecule has 3 heterocycles. The van der Waals surface area contributed by atoms with Gasteiger partial charge in [-0.25, -0.2) is 0 Å². The van der Waals surface area contributed by atoms with Gasteiger partial charge in [0.15, 0.2) is 11.7 Å². The molecule has 0 atom stereocenters. The number of aryl methyl sites for hydroxylation is 1. The van der Waals surface area contributed by atoms with Crippen molar-refractivity contribution in [2.45, 2.75) is 20.4 Å². The zero-order chi connectivity index (χ0) is 30.8. The summed E-state index contributed by atoms with van der Waals surface area (Å²) in [6, 6.07) is 20.2. The molecule has 1 aliphatic rings. The molecular formula is C34H35N7O3. The Balaban J connectivity index is 1.17. The highest BCUT2D eigenvalue weighted by atomic mass is 16.3. The molecule has 0 bridgehead atoms. The Morgan fingerprint density at radius 2 is 1.77 bits per heavy atom. The Hall–Kier alpha value is -5.22. The molecule has 0 radical (unpaired) electrons. The largest absolute Gasteiger partial charge is 0.494 e. The summed E-state index contributed by atoms with van der Waals surface area (Å²) in [4.78, 5) is 38.5. The summed E-state index contributed by atoms with van der Waals surface area (Å²) in [7, 11) is 2.14. The van der Waals surface area contributed by atoms with Crippen molar-refractivity contribution in [3.05, 3.63) is 101 Å². The first-order valence-electron chi connectivity index (χ1n) is 14.7. The predicted molar refractivity (Wildman–Crippen MR) is 174 cm³/mol. The molecule has 10 heteroatoms. The Morgan fingerprint density at radius 1 is 1.02 bits per heavy atom. The maximum absolute atomic E-state index is 13.4. The molecule has 0 spiro atoms. The number of amides is 1. The number of aromatic hydroxyl groups is 1. The normalized spacial score (nSPS) is 14.0. The van der Waals surface area contributed by atoms with E-state index in [0.29, 0.717) is 40.0 Å². The van der Waals surface area contributed by atoms with E-state index >= 15 is 0 Å². The van der Waals surface area contributed by atoms with E-state index in [1.807, 2.05) is 26.0 Å². The number of piperazine rings is 1. The fraction of sp³-hybridized carbons (Fsp3) is 0.235. The summed E-state index contributed by atoms with van der Waals surface area (Å²) in [6.45, 7) is 8.58. The summed E-state index contributed by atoms with van der Waals surface area (Å²) in [5.74, 6) is -0.508. The van der Waals surface area contributed by atoms with Gasteiger partial charge in [-0.2, -0.15) is 5.10 Å². The SMILES string of the molecule is CCn1ncc(C(=O)Nc2cccc(C(=O)c3ccc4c(C=Nc5ccc(N6CCN(C)CC6)cc5)c(O)[nH]c4c3)c2)c1C. The smallest absolute Gasteiger partial charge is 0.259 e. The number of ketones is 1. The van der Waals surface area contributed by atoms with Crippen molar-refractivity contribution in [3.8, 4) is 5.88 Å². The van der Waals surface area contributed by atoms with Gasteiger partial charge in [-0.05, 0) is 63.4 Å². The first-order valence-corrected chi connectivity index (χ1v) is 14.7. The first kappa shape index (κ1) is 28.9. The number of carbonyl (C=O) groups is 2. The lowest BCUT2D eigenvalue weighted by atomic mass is 10.0. The van der Waals surface area contributed by atoms with Gasteiger partial charge in [0.2, 0.25) is 0 Å². The molecule has 3 N–H and O–H groups in total. The summed E-state index contributed by atoms with van der Waals surface area (Å²) in [5, 5.41) is 18.5. The number of aromatic nitrogens is 3. The number of nitrogens with zero attached hydrogens (tertiary/aromatic N) is 5. The molecule has 44 heavy (non-hydrogen) atoms. The van der Waals surface area contributed by atoms with Crippen molar-refractivity contribution >= 4 is 45.9 Å². The highest BCUT2D eigenvalue weighted by Gasteiger charge is 2.17. The Kier molecular flexibility index (Phi) is 7.99. The molecule has 1 fully saturated rings. The van der Waals surface area contributed by atoms with Crippen LogP contribution in [0.2, 0.25) is 0 Å². The lowest BCUT2D eigenvalue weighted by molar-refractivity contribution is 0.102. The maximum Gasteiger partial charge on any atom is 0.259 e. The summed E-state index contributed by atoms with van der Waals surface area (Å²) in [5.41, 5.74) is 5.79. The van der Waals surface area contributed by atoms with Crippen LogP contribution in [0.1, 0.15) is 44.5 Å². The van der Waals surface area contributed by atoms with Crippen LogP contribution >= 0.6 is 0 Å². The highest BCUT2D eigenvalue weighted by Crippen LogP contribution is 2.29. The van der Waals surface area contributed by atoms with Crippen molar-refractivity contribution in [1.82, 2.24) is 19.7 Å².